The number of nitrogens with one attached hydrogen (secondary N) is 1. The maximum Gasteiger partial charge on any atom is 0.0362 e. The molecule has 0 saturated heterocycles. The van der Waals surface area contributed by atoms with Crippen molar-refractivity contribution < 1.29 is 4.21 Å². The third-order valence-corrected chi connectivity index (χ3v) is 5.71. The van der Waals surface area contributed by atoms with Crippen LogP contribution in [-0.4, -0.2) is 27.8 Å². The average Bonchev–Trinajstić information content (AvgIpc) is 2.29. The van der Waals surface area contributed by atoms with Gasteiger partial charge in [-0.25, -0.2) is 0 Å². The molecule has 1 rings (SSSR count). The Labute approximate surface area is 103 Å². The van der Waals surface area contributed by atoms with E-state index in [2.05, 4.69) is 26.1 Å². The van der Waals surface area contributed by atoms with E-state index in [1.165, 1.54) is 19.3 Å². The summed E-state index contributed by atoms with van der Waals surface area (Å²) in [6.45, 7) is 7.59. The van der Waals surface area contributed by atoms with Crippen LogP contribution in [0.15, 0.2) is 0 Å². The van der Waals surface area contributed by atoms with E-state index >= 15 is 0 Å². The lowest BCUT2D eigenvalue weighted by Gasteiger charge is -2.29. The molecule has 0 spiro atoms. The molecule has 0 heterocycles. The molecule has 96 valence electrons. The van der Waals surface area contributed by atoms with Gasteiger partial charge in [-0.05, 0) is 31.7 Å². The second kappa shape index (κ2) is 7.44. The molecule has 0 aromatic heterocycles. The van der Waals surface area contributed by atoms with Gasteiger partial charge in [0.25, 0.3) is 0 Å². The third kappa shape index (κ3) is 4.54. The zero-order valence-electron chi connectivity index (χ0n) is 11.0. The van der Waals surface area contributed by atoms with Gasteiger partial charge in [-0.1, -0.05) is 33.6 Å². The van der Waals surface area contributed by atoms with Crippen molar-refractivity contribution in [2.45, 2.75) is 64.2 Å². The van der Waals surface area contributed by atoms with E-state index in [0.29, 0.717) is 17.2 Å². The first-order valence-corrected chi connectivity index (χ1v) is 8.16. The van der Waals surface area contributed by atoms with Crippen LogP contribution in [0.1, 0.15) is 52.9 Å². The second-order valence-electron chi connectivity index (χ2n) is 5.10. The van der Waals surface area contributed by atoms with Crippen molar-refractivity contribution >= 4 is 10.8 Å². The third-order valence-electron chi connectivity index (χ3n) is 3.64. The minimum Gasteiger partial charge on any atom is -0.314 e. The normalized spacial score (nSPS) is 29.9. The maximum atomic E-state index is 12.2. The fourth-order valence-corrected chi connectivity index (χ4v) is 4.34. The molecule has 0 aromatic rings. The summed E-state index contributed by atoms with van der Waals surface area (Å²) in [5.74, 6) is 1.51. The Balaban J connectivity index is 2.37. The fraction of sp³-hybridized carbons (Fsp3) is 1.00. The van der Waals surface area contributed by atoms with Crippen LogP contribution in [-0.2, 0) is 10.8 Å². The summed E-state index contributed by atoms with van der Waals surface area (Å²) in [4.78, 5) is 0. The summed E-state index contributed by atoms with van der Waals surface area (Å²) in [6.07, 6.45) is 5.95. The quantitative estimate of drug-likeness (QED) is 0.779. The Morgan fingerprint density at radius 1 is 1.38 bits per heavy atom. The van der Waals surface area contributed by atoms with E-state index < -0.39 is 10.8 Å². The lowest BCUT2D eigenvalue weighted by atomic mass is 9.95. The van der Waals surface area contributed by atoms with Crippen LogP contribution in [0.3, 0.4) is 0 Å². The van der Waals surface area contributed by atoms with Crippen LogP contribution in [0.5, 0.6) is 0 Å². The second-order valence-corrected chi connectivity index (χ2v) is 6.87. The van der Waals surface area contributed by atoms with Gasteiger partial charge in [0.1, 0.15) is 0 Å². The minimum absolute atomic E-state index is 0.451. The molecule has 0 bridgehead atoms. The molecule has 0 aromatic carbocycles. The van der Waals surface area contributed by atoms with Gasteiger partial charge in [-0.3, -0.25) is 4.21 Å². The Morgan fingerprint density at radius 3 is 2.75 bits per heavy atom. The molecule has 1 aliphatic carbocycles. The molecule has 0 aliphatic heterocycles. The van der Waals surface area contributed by atoms with Gasteiger partial charge >= 0.3 is 0 Å². The number of hydrogen-bond acceptors (Lipinski definition) is 2. The molecule has 1 saturated carbocycles. The molecule has 0 amide bonds. The van der Waals surface area contributed by atoms with Crippen molar-refractivity contribution in [2.24, 2.45) is 5.92 Å². The van der Waals surface area contributed by atoms with Gasteiger partial charge in [-0.2, -0.15) is 0 Å². The predicted octanol–water partition coefficient (Wildman–Crippen LogP) is 2.70. The van der Waals surface area contributed by atoms with Gasteiger partial charge in [0.15, 0.2) is 0 Å². The van der Waals surface area contributed by atoms with E-state index in [1.807, 2.05) is 0 Å². The van der Waals surface area contributed by atoms with Crippen molar-refractivity contribution in [3.63, 3.8) is 0 Å². The zero-order valence-corrected chi connectivity index (χ0v) is 11.8. The van der Waals surface area contributed by atoms with Gasteiger partial charge in [0.2, 0.25) is 0 Å². The summed E-state index contributed by atoms with van der Waals surface area (Å²) >= 11 is 0. The topological polar surface area (TPSA) is 29.1 Å². The molecule has 16 heavy (non-hydrogen) atoms. The summed E-state index contributed by atoms with van der Waals surface area (Å²) in [5, 5.41) is 3.95. The molecular weight excluding hydrogens is 218 g/mol. The Bertz CT molecular complexity index is 218. The molecule has 3 heteroatoms. The van der Waals surface area contributed by atoms with Crippen molar-refractivity contribution in [1.82, 2.24) is 5.32 Å². The highest BCUT2D eigenvalue weighted by atomic mass is 32.2. The first-order valence-electron chi connectivity index (χ1n) is 6.77. The lowest BCUT2D eigenvalue weighted by molar-refractivity contribution is 0.383. The van der Waals surface area contributed by atoms with E-state index in [-0.39, 0.29) is 0 Å². The molecule has 4 atom stereocenters. The Morgan fingerprint density at radius 2 is 2.12 bits per heavy atom. The van der Waals surface area contributed by atoms with Crippen molar-refractivity contribution in [2.75, 3.05) is 12.3 Å². The minimum atomic E-state index is -0.601. The van der Waals surface area contributed by atoms with Gasteiger partial charge in [-0.15, -0.1) is 0 Å². The van der Waals surface area contributed by atoms with E-state index in [0.717, 1.165) is 25.1 Å². The van der Waals surface area contributed by atoms with Crippen molar-refractivity contribution in [1.29, 1.82) is 0 Å². The van der Waals surface area contributed by atoms with Crippen LogP contribution in [0.25, 0.3) is 0 Å². The SMILES string of the molecule is CCNC1CCCC(S(=O)CC(C)CC)C1. The maximum absolute atomic E-state index is 12.2. The molecule has 0 radical (unpaired) electrons. The summed E-state index contributed by atoms with van der Waals surface area (Å²) in [5.41, 5.74) is 0. The van der Waals surface area contributed by atoms with Crippen LogP contribution in [0, 0.1) is 5.92 Å². The standard InChI is InChI=1S/C13H27NOS/c1-4-11(3)10-16(15)13-8-6-7-12(9-13)14-5-2/h11-14H,4-10H2,1-3H3. The molecule has 1 fully saturated rings. The molecule has 2 nitrogen and oxygen atoms in total. The number of rotatable bonds is 6. The Hall–Kier alpha value is 0.110. The molecule has 4 unspecified atom stereocenters. The van der Waals surface area contributed by atoms with Gasteiger partial charge in [0.05, 0.1) is 0 Å². The van der Waals surface area contributed by atoms with Crippen LogP contribution in [0.2, 0.25) is 0 Å². The zero-order chi connectivity index (χ0) is 12.0. The lowest BCUT2D eigenvalue weighted by Crippen LogP contribution is -2.38. The predicted molar refractivity (Wildman–Crippen MR) is 72.2 cm³/mol. The molecule has 1 N–H and O–H groups in total. The van der Waals surface area contributed by atoms with Crippen molar-refractivity contribution in [3.05, 3.63) is 0 Å². The van der Waals surface area contributed by atoms with E-state index in [1.54, 1.807) is 0 Å². The van der Waals surface area contributed by atoms with Crippen LogP contribution < -0.4 is 5.32 Å². The van der Waals surface area contributed by atoms with E-state index in [4.69, 9.17) is 0 Å². The fourth-order valence-electron chi connectivity index (χ4n) is 2.39. The van der Waals surface area contributed by atoms with E-state index in [9.17, 15) is 4.21 Å². The highest BCUT2D eigenvalue weighted by molar-refractivity contribution is 7.85. The first kappa shape index (κ1) is 14.2. The summed E-state index contributed by atoms with van der Waals surface area (Å²) in [7, 11) is -0.601. The highest BCUT2D eigenvalue weighted by Gasteiger charge is 2.26. The molecule has 1 aliphatic rings. The van der Waals surface area contributed by atoms with Crippen molar-refractivity contribution in [3.8, 4) is 0 Å². The monoisotopic (exact) mass is 245 g/mol. The van der Waals surface area contributed by atoms with Crippen LogP contribution >= 0.6 is 0 Å². The first-order chi connectivity index (χ1) is 7.67. The summed E-state index contributed by atoms with van der Waals surface area (Å²) < 4.78 is 12.2. The van der Waals surface area contributed by atoms with Crippen LogP contribution in [0.4, 0.5) is 0 Å². The average molecular weight is 245 g/mol. The largest absolute Gasteiger partial charge is 0.314 e. The van der Waals surface area contributed by atoms with Gasteiger partial charge in [0, 0.05) is 27.8 Å². The molecular formula is C13H27NOS. The Kier molecular flexibility index (Phi) is 6.59. The highest BCUT2D eigenvalue weighted by Crippen LogP contribution is 2.24. The number of hydrogen-bond donors (Lipinski definition) is 1. The summed E-state index contributed by atoms with van der Waals surface area (Å²) in [6, 6.07) is 0.615. The van der Waals surface area contributed by atoms with Gasteiger partial charge < -0.3 is 5.32 Å². The smallest absolute Gasteiger partial charge is 0.0362 e.